The van der Waals surface area contributed by atoms with Gasteiger partial charge in [0.15, 0.2) is 5.58 Å². The van der Waals surface area contributed by atoms with E-state index in [1.165, 1.54) is 12.8 Å². The number of likely N-dealkylation sites (tertiary alicyclic amines) is 1. The van der Waals surface area contributed by atoms with Crippen LogP contribution in [0.1, 0.15) is 32.6 Å². The van der Waals surface area contributed by atoms with Crippen LogP contribution in [0.3, 0.4) is 0 Å². The Kier molecular flexibility index (Phi) is 5.91. The standard InChI is InChI=1S/C19H27N3O3/c1-15-8-12-21(13-9-15)14-10-20-18(23)7-4-11-22-16-5-2-3-6-17(16)25-19(22)24/h2-3,5-6,15H,4,7-14H2,1H3,(H,20,23). The Morgan fingerprint density at radius 2 is 2.00 bits per heavy atom. The van der Waals surface area contributed by atoms with E-state index in [9.17, 15) is 9.59 Å². The van der Waals surface area contributed by atoms with Gasteiger partial charge in [-0.15, -0.1) is 0 Å². The summed E-state index contributed by atoms with van der Waals surface area (Å²) < 4.78 is 6.79. The lowest BCUT2D eigenvalue weighted by Crippen LogP contribution is -2.39. The minimum atomic E-state index is -0.360. The molecule has 2 aromatic rings. The van der Waals surface area contributed by atoms with Gasteiger partial charge in [0.2, 0.25) is 5.91 Å². The first-order valence-corrected chi connectivity index (χ1v) is 9.21. The van der Waals surface area contributed by atoms with Gasteiger partial charge in [0, 0.05) is 26.1 Å². The van der Waals surface area contributed by atoms with Crippen molar-refractivity contribution < 1.29 is 9.21 Å². The zero-order valence-corrected chi connectivity index (χ0v) is 14.9. The number of nitrogens with one attached hydrogen (secondary N) is 1. The molecule has 1 saturated heterocycles. The molecule has 0 aliphatic carbocycles. The fourth-order valence-corrected chi connectivity index (χ4v) is 3.35. The molecule has 1 amide bonds. The number of aromatic nitrogens is 1. The van der Waals surface area contributed by atoms with Gasteiger partial charge in [-0.3, -0.25) is 9.36 Å². The summed E-state index contributed by atoms with van der Waals surface area (Å²) in [7, 11) is 0. The average Bonchev–Trinajstić information content (AvgIpc) is 2.92. The topological polar surface area (TPSA) is 67.5 Å². The van der Waals surface area contributed by atoms with Crippen molar-refractivity contribution in [2.75, 3.05) is 26.2 Å². The Labute approximate surface area is 147 Å². The maximum Gasteiger partial charge on any atom is 0.419 e. The molecule has 1 aromatic carbocycles. The number of carbonyl (C=O) groups is 1. The van der Waals surface area contributed by atoms with E-state index in [2.05, 4.69) is 17.1 Å². The molecule has 0 saturated carbocycles. The van der Waals surface area contributed by atoms with Gasteiger partial charge in [-0.1, -0.05) is 19.1 Å². The molecule has 25 heavy (non-hydrogen) atoms. The normalized spacial score (nSPS) is 16.4. The number of piperidine rings is 1. The quantitative estimate of drug-likeness (QED) is 0.835. The smallest absolute Gasteiger partial charge is 0.408 e. The van der Waals surface area contributed by atoms with Crippen molar-refractivity contribution in [1.82, 2.24) is 14.8 Å². The molecule has 0 spiro atoms. The maximum atomic E-state index is 12.0. The van der Waals surface area contributed by atoms with Crippen molar-refractivity contribution in [2.45, 2.75) is 39.2 Å². The van der Waals surface area contributed by atoms with Crippen LogP contribution in [-0.4, -0.2) is 41.6 Å². The Morgan fingerprint density at radius 1 is 1.24 bits per heavy atom. The number of benzene rings is 1. The minimum Gasteiger partial charge on any atom is -0.408 e. The van der Waals surface area contributed by atoms with Crippen molar-refractivity contribution in [3.63, 3.8) is 0 Å². The number of nitrogens with zero attached hydrogens (tertiary/aromatic N) is 2. The molecule has 2 heterocycles. The highest BCUT2D eigenvalue weighted by Gasteiger charge is 2.15. The summed E-state index contributed by atoms with van der Waals surface area (Å²) in [5.74, 6) is 0.514. The minimum absolute atomic E-state index is 0.0474. The van der Waals surface area contributed by atoms with E-state index < -0.39 is 0 Å². The van der Waals surface area contributed by atoms with Crippen LogP contribution in [0, 0.1) is 5.92 Å². The van der Waals surface area contributed by atoms with Crippen molar-refractivity contribution >= 4 is 17.0 Å². The summed E-state index contributed by atoms with van der Waals surface area (Å²) in [5, 5.41) is 2.98. The van der Waals surface area contributed by atoms with Crippen LogP contribution in [-0.2, 0) is 11.3 Å². The molecule has 1 N–H and O–H groups in total. The summed E-state index contributed by atoms with van der Waals surface area (Å²) in [5.41, 5.74) is 1.38. The third-order valence-corrected chi connectivity index (χ3v) is 4.99. The molecule has 6 nitrogen and oxygen atoms in total. The summed E-state index contributed by atoms with van der Waals surface area (Å²) in [6, 6.07) is 7.36. The van der Waals surface area contributed by atoms with Crippen LogP contribution in [0.2, 0.25) is 0 Å². The van der Waals surface area contributed by atoms with Crippen molar-refractivity contribution in [3.05, 3.63) is 34.8 Å². The van der Waals surface area contributed by atoms with Gasteiger partial charge in [0.05, 0.1) is 5.52 Å². The molecule has 136 valence electrons. The van der Waals surface area contributed by atoms with E-state index in [1.807, 2.05) is 18.2 Å². The van der Waals surface area contributed by atoms with Crippen LogP contribution in [0.15, 0.2) is 33.5 Å². The number of hydrogen-bond acceptors (Lipinski definition) is 4. The maximum absolute atomic E-state index is 12.0. The first-order chi connectivity index (χ1) is 12.1. The molecule has 1 aromatic heterocycles. The lowest BCUT2D eigenvalue weighted by Gasteiger charge is -2.30. The van der Waals surface area contributed by atoms with Crippen LogP contribution in [0.4, 0.5) is 0 Å². The molecular weight excluding hydrogens is 318 g/mol. The molecule has 6 heteroatoms. The van der Waals surface area contributed by atoms with Crippen molar-refractivity contribution in [2.24, 2.45) is 5.92 Å². The second kappa shape index (κ2) is 8.34. The molecule has 1 aliphatic heterocycles. The highest BCUT2D eigenvalue weighted by atomic mass is 16.4. The second-order valence-electron chi connectivity index (χ2n) is 6.97. The van der Waals surface area contributed by atoms with E-state index in [1.54, 1.807) is 10.6 Å². The van der Waals surface area contributed by atoms with Gasteiger partial charge in [-0.25, -0.2) is 4.79 Å². The first-order valence-electron chi connectivity index (χ1n) is 9.21. The van der Waals surface area contributed by atoms with Gasteiger partial charge in [-0.2, -0.15) is 0 Å². The van der Waals surface area contributed by atoms with Crippen LogP contribution < -0.4 is 11.1 Å². The lowest BCUT2D eigenvalue weighted by atomic mass is 9.99. The molecule has 1 aliphatic rings. The van der Waals surface area contributed by atoms with Gasteiger partial charge in [0.25, 0.3) is 0 Å². The molecule has 3 rings (SSSR count). The Morgan fingerprint density at radius 3 is 2.80 bits per heavy atom. The summed E-state index contributed by atoms with van der Waals surface area (Å²) >= 11 is 0. The van der Waals surface area contributed by atoms with Gasteiger partial charge < -0.3 is 14.6 Å². The number of aryl methyl sites for hydroxylation is 1. The molecule has 0 unspecified atom stereocenters. The monoisotopic (exact) mass is 345 g/mol. The molecule has 1 fully saturated rings. The third kappa shape index (κ3) is 4.72. The number of hydrogen-bond donors (Lipinski definition) is 1. The Bertz CT molecular complexity index is 757. The Hall–Kier alpha value is -2.08. The van der Waals surface area contributed by atoms with E-state index in [-0.39, 0.29) is 11.7 Å². The van der Waals surface area contributed by atoms with Crippen LogP contribution in [0.25, 0.3) is 11.1 Å². The third-order valence-electron chi connectivity index (χ3n) is 4.99. The number of carbonyl (C=O) groups excluding carboxylic acids is 1. The van der Waals surface area contributed by atoms with Gasteiger partial charge >= 0.3 is 5.76 Å². The summed E-state index contributed by atoms with van der Waals surface area (Å²) in [6.45, 7) is 6.67. The highest BCUT2D eigenvalue weighted by Crippen LogP contribution is 2.15. The summed E-state index contributed by atoms with van der Waals surface area (Å²) in [4.78, 5) is 26.3. The zero-order chi connectivity index (χ0) is 17.6. The number of rotatable bonds is 7. The largest absolute Gasteiger partial charge is 0.419 e. The first kappa shape index (κ1) is 17.7. The Balaban J connectivity index is 1.38. The van der Waals surface area contributed by atoms with Crippen LogP contribution >= 0.6 is 0 Å². The number of amides is 1. The molecule has 0 radical (unpaired) electrons. The van der Waals surface area contributed by atoms with E-state index in [0.717, 1.165) is 31.1 Å². The molecule has 0 bridgehead atoms. The molecule has 0 atom stereocenters. The predicted molar refractivity (Wildman–Crippen MR) is 97.6 cm³/mol. The van der Waals surface area contributed by atoms with Gasteiger partial charge in [0.1, 0.15) is 0 Å². The summed E-state index contributed by atoms with van der Waals surface area (Å²) in [6.07, 6.45) is 3.54. The average molecular weight is 345 g/mol. The second-order valence-corrected chi connectivity index (χ2v) is 6.97. The van der Waals surface area contributed by atoms with E-state index >= 15 is 0 Å². The number of oxazole rings is 1. The lowest BCUT2D eigenvalue weighted by molar-refractivity contribution is -0.121. The fourth-order valence-electron chi connectivity index (χ4n) is 3.35. The van der Waals surface area contributed by atoms with Gasteiger partial charge in [-0.05, 0) is 50.4 Å². The van der Waals surface area contributed by atoms with E-state index in [0.29, 0.717) is 31.5 Å². The number of para-hydroxylation sites is 2. The van der Waals surface area contributed by atoms with Crippen molar-refractivity contribution in [3.8, 4) is 0 Å². The number of fused-ring (bicyclic) bond motifs is 1. The van der Waals surface area contributed by atoms with E-state index in [4.69, 9.17) is 4.42 Å². The van der Waals surface area contributed by atoms with Crippen molar-refractivity contribution in [1.29, 1.82) is 0 Å². The van der Waals surface area contributed by atoms with Crippen LogP contribution in [0.5, 0.6) is 0 Å². The predicted octanol–water partition coefficient (Wildman–Crippen LogP) is 2.22. The SMILES string of the molecule is CC1CCN(CCNC(=O)CCCn2c(=O)oc3ccccc32)CC1. The molecular formula is C19H27N3O3. The highest BCUT2D eigenvalue weighted by molar-refractivity contribution is 5.76. The zero-order valence-electron chi connectivity index (χ0n) is 14.9. The fraction of sp³-hybridized carbons (Fsp3) is 0.579.